The smallest absolute Gasteiger partial charge is 0.376 e. The Labute approximate surface area is 143 Å². The van der Waals surface area contributed by atoms with Crippen LogP contribution >= 0.6 is 0 Å². The largest absolute Gasteiger partial charge is 0.433 e. The highest BCUT2D eigenvalue weighted by Gasteiger charge is 2.33. The second-order valence-electron chi connectivity index (χ2n) is 6.57. The molecule has 2 fully saturated rings. The van der Waals surface area contributed by atoms with Crippen molar-refractivity contribution < 1.29 is 22.6 Å². The fraction of sp³-hybridized carbons (Fsp3) is 0.750. The second-order valence-corrected chi connectivity index (χ2v) is 6.57. The molecule has 2 aliphatic heterocycles. The van der Waals surface area contributed by atoms with Crippen molar-refractivity contribution in [2.45, 2.75) is 31.7 Å². The Morgan fingerprint density at radius 2 is 1.96 bits per heavy atom. The molecule has 0 aromatic carbocycles. The summed E-state index contributed by atoms with van der Waals surface area (Å²) >= 11 is 0. The number of likely N-dealkylation sites (tertiary alicyclic amines) is 1. The summed E-state index contributed by atoms with van der Waals surface area (Å²) in [5.41, 5.74) is -1.80. The van der Waals surface area contributed by atoms with E-state index >= 15 is 0 Å². The topological polar surface area (TPSA) is 56.6 Å². The molecule has 0 amide bonds. The highest BCUT2D eigenvalue weighted by molar-refractivity contribution is 5.03. The van der Waals surface area contributed by atoms with Gasteiger partial charge in [0.25, 0.3) is 5.56 Å². The van der Waals surface area contributed by atoms with Crippen LogP contribution in [0.25, 0.3) is 0 Å². The summed E-state index contributed by atoms with van der Waals surface area (Å²) in [6, 6.07) is 0.565. The lowest BCUT2D eigenvalue weighted by molar-refractivity contribution is -0.141. The van der Waals surface area contributed by atoms with Crippen molar-refractivity contribution in [1.82, 2.24) is 14.5 Å². The van der Waals surface area contributed by atoms with E-state index in [9.17, 15) is 18.0 Å². The maximum Gasteiger partial charge on any atom is 0.433 e. The Morgan fingerprint density at radius 1 is 1.20 bits per heavy atom. The Morgan fingerprint density at radius 3 is 2.56 bits per heavy atom. The van der Waals surface area contributed by atoms with Crippen molar-refractivity contribution in [2.75, 3.05) is 39.5 Å². The fourth-order valence-corrected chi connectivity index (χ4v) is 3.28. The normalized spacial score (nSPS) is 23.7. The average molecular weight is 361 g/mol. The van der Waals surface area contributed by atoms with E-state index in [-0.39, 0.29) is 12.0 Å². The van der Waals surface area contributed by atoms with Crippen LogP contribution in [0.1, 0.15) is 18.5 Å². The third kappa shape index (κ3) is 5.02. The third-order valence-electron chi connectivity index (χ3n) is 4.68. The molecular weight excluding hydrogens is 339 g/mol. The van der Waals surface area contributed by atoms with Gasteiger partial charge < -0.3 is 14.4 Å². The molecule has 1 aromatic heterocycles. The van der Waals surface area contributed by atoms with Crippen molar-refractivity contribution in [3.05, 3.63) is 28.4 Å². The minimum Gasteiger partial charge on any atom is -0.376 e. The first kappa shape index (κ1) is 18.3. The molecule has 0 spiro atoms. The molecule has 0 N–H and O–H groups in total. The number of halogens is 3. The zero-order valence-electron chi connectivity index (χ0n) is 13.9. The van der Waals surface area contributed by atoms with Crippen molar-refractivity contribution in [1.29, 1.82) is 0 Å². The zero-order valence-corrected chi connectivity index (χ0v) is 13.9. The van der Waals surface area contributed by atoms with Crippen LogP contribution in [0.15, 0.2) is 17.2 Å². The molecule has 2 aliphatic rings. The molecule has 3 rings (SSSR count). The average Bonchev–Trinajstić information content (AvgIpc) is 2.58. The Kier molecular flexibility index (Phi) is 5.75. The standard InChI is InChI=1S/C16H22F3N3O3/c17-16(18,19)14-7-15(23)22(11-20-14)8-12-1-3-21(4-2-12)9-13-10-24-5-6-25-13/h7,11-13H,1-6,8-10H2. The molecule has 1 atom stereocenters. The highest BCUT2D eigenvalue weighted by atomic mass is 19.4. The van der Waals surface area contributed by atoms with Crippen molar-refractivity contribution in [3.63, 3.8) is 0 Å². The van der Waals surface area contributed by atoms with Gasteiger partial charge in [0.1, 0.15) is 0 Å². The molecule has 9 heteroatoms. The Hall–Kier alpha value is -1.45. The van der Waals surface area contributed by atoms with E-state index in [1.165, 1.54) is 4.57 Å². The van der Waals surface area contributed by atoms with E-state index in [0.29, 0.717) is 32.4 Å². The summed E-state index contributed by atoms with van der Waals surface area (Å²) in [6.45, 7) is 4.89. The minimum atomic E-state index is -4.59. The predicted molar refractivity (Wildman–Crippen MR) is 83.2 cm³/mol. The van der Waals surface area contributed by atoms with Gasteiger partial charge in [0.05, 0.1) is 32.3 Å². The van der Waals surface area contributed by atoms with Crippen LogP contribution < -0.4 is 5.56 Å². The first-order valence-electron chi connectivity index (χ1n) is 8.47. The molecular formula is C16H22F3N3O3. The van der Waals surface area contributed by atoms with Crippen LogP contribution in [0.4, 0.5) is 13.2 Å². The van der Waals surface area contributed by atoms with Crippen LogP contribution in [0, 0.1) is 5.92 Å². The molecule has 0 bridgehead atoms. The highest BCUT2D eigenvalue weighted by Crippen LogP contribution is 2.26. The molecule has 25 heavy (non-hydrogen) atoms. The van der Waals surface area contributed by atoms with E-state index in [1.807, 2.05) is 0 Å². The van der Waals surface area contributed by atoms with Crippen LogP contribution in [0.5, 0.6) is 0 Å². The van der Waals surface area contributed by atoms with E-state index in [0.717, 1.165) is 38.8 Å². The van der Waals surface area contributed by atoms with Gasteiger partial charge in [-0.05, 0) is 31.8 Å². The van der Waals surface area contributed by atoms with Gasteiger partial charge in [0, 0.05) is 19.2 Å². The Bertz CT molecular complexity index is 621. The summed E-state index contributed by atoms with van der Waals surface area (Å²) in [5.74, 6) is 0.260. The fourth-order valence-electron chi connectivity index (χ4n) is 3.28. The van der Waals surface area contributed by atoms with Gasteiger partial charge >= 0.3 is 6.18 Å². The molecule has 1 aromatic rings. The van der Waals surface area contributed by atoms with Gasteiger partial charge in [0.2, 0.25) is 0 Å². The van der Waals surface area contributed by atoms with Gasteiger partial charge in [-0.1, -0.05) is 0 Å². The van der Waals surface area contributed by atoms with Gasteiger partial charge in [-0.25, -0.2) is 4.98 Å². The number of nitrogens with zero attached hydrogens (tertiary/aromatic N) is 3. The summed E-state index contributed by atoms with van der Waals surface area (Å²) in [7, 11) is 0. The van der Waals surface area contributed by atoms with Gasteiger partial charge in [-0.2, -0.15) is 13.2 Å². The molecule has 2 saturated heterocycles. The molecule has 1 unspecified atom stereocenters. The summed E-state index contributed by atoms with van der Waals surface area (Å²) in [6.07, 6.45) is -1.70. The second kappa shape index (κ2) is 7.84. The lowest BCUT2D eigenvalue weighted by Gasteiger charge is -2.35. The number of alkyl halides is 3. The van der Waals surface area contributed by atoms with E-state index in [2.05, 4.69) is 9.88 Å². The van der Waals surface area contributed by atoms with Gasteiger partial charge in [-0.15, -0.1) is 0 Å². The molecule has 3 heterocycles. The van der Waals surface area contributed by atoms with E-state index in [1.54, 1.807) is 0 Å². The molecule has 140 valence electrons. The van der Waals surface area contributed by atoms with Crippen molar-refractivity contribution in [2.24, 2.45) is 5.92 Å². The summed E-state index contributed by atoms with van der Waals surface area (Å²) < 4.78 is 50.0. The zero-order chi connectivity index (χ0) is 17.9. The van der Waals surface area contributed by atoms with Crippen LogP contribution in [-0.4, -0.2) is 60.0 Å². The first-order valence-corrected chi connectivity index (χ1v) is 8.47. The number of piperidine rings is 1. The minimum absolute atomic E-state index is 0.104. The van der Waals surface area contributed by atoms with Crippen LogP contribution in [-0.2, 0) is 22.2 Å². The van der Waals surface area contributed by atoms with Crippen molar-refractivity contribution >= 4 is 0 Å². The maximum atomic E-state index is 12.6. The van der Waals surface area contributed by atoms with Gasteiger partial charge in [-0.3, -0.25) is 9.36 Å². The molecule has 0 radical (unpaired) electrons. The molecule has 0 saturated carbocycles. The molecule has 6 nitrogen and oxygen atoms in total. The van der Waals surface area contributed by atoms with Crippen molar-refractivity contribution in [3.8, 4) is 0 Å². The van der Waals surface area contributed by atoms with E-state index < -0.39 is 17.4 Å². The maximum absolute atomic E-state index is 12.6. The molecule has 0 aliphatic carbocycles. The predicted octanol–water partition coefficient (Wildman–Crippen LogP) is 1.39. The lowest BCUT2D eigenvalue weighted by atomic mass is 9.96. The number of rotatable bonds is 4. The summed E-state index contributed by atoms with van der Waals surface area (Å²) in [5, 5.41) is 0. The monoisotopic (exact) mass is 361 g/mol. The number of hydrogen-bond acceptors (Lipinski definition) is 5. The van der Waals surface area contributed by atoms with Gasteiger partial charge in [0.15, 0.2) is 5.69 Å². The number of ether oxygens (including phenoxy) is 2. The summed E-state index contributed by atoms with van der Waals surface area (Å²) in [4.78, 5) is 17.5. The number of hydrogen-bond donors (Lipinski definition) is 0. The SMILES string of the molecule is O=c1cc(C(F)(F)F)ncn1CC1CCN(CC2COCCO2)CC1. The third-order valence-corrected chi connectivity index (χ3v) is 4.68. The first-order chi connectivity index (χ1) is 11.9. The number of aromatic nitrogens is 2. The Balaban J connectivity index is 1.49. The quantitative estimate of drug-likeness (QED) is 0.811. The van der Waals surface area contributed by atoms with Crippen LogP contribution in [0.2, 0.25) is 0 Å². The lowest BCUT2D eigenvalue weighted by Crippen LogP contribution is -2.44. The van der Waals surface area contributed by atoms with Crippen LogP contribution in [0.3, 0.4) is 0 Å². The van der Waals surface area contributed by atoms with E-state index in [4.69, 9.17) is 9.47 Å².